The molecule has 23 heteroatoms. The third-order valence-electron chi connectivity index (χ3n) is 15.1. The molecule has 0 aliphatic carbocycles. The first kappa shape index (κ1) is 83.7. The van der Waals surface area contributed by atoms with Crippen LogP contribution in [0.25, 0.3) is 11.5 Å². The number of benzene rings is 1. The molecule has 0 spiro atoms. The van der Waals surface area contributed by atoms with Crippen molar-refractivity contribution in [2.24, 2.45) is 55.2 Å². The number of hydrogen-bond acceptors (Lipinski definition) is 16. The quantitative estimate of drug-likeness (QED) is 0.0240. The van der Waals surface area contributed by atoms with E-state index in [1.807, 2.05) is 145 Å². The Kier molecular flexibility index (Phi) is 32.5. The highest BCUT2D eigenvalue weighted by atomic mass is 32.2. The van der Waals surface area contributed by atoms with Crippen LogP contribution in [0.4, 0.5) is 0 Å². The summed E-state index contributed by atoms with van der Waals surface area (Å²) in [7, 11) is 0. The molecule has 1 heterocycles. The molecule has 1 unspecified atom stereocenters. The lowest BCUT2D eigenvalue weighted by Crippen LogP contribution is -2.46. The van der Waals surface area contributed by atoms with E-state index in [1.165, 1.54) is 11.8 Å². The van der Waals surface area contributed by atoms with E-state index in [9.17, 15) is 33.6 Å². The van der Waals surface area contributed by atoms with E-state index in [0.717, 1.165) is 12.0 Å². The Bertz CT molecular complexity index is 2690. The zero-order valence-electron chi connectivity index (χ0n) is 61.5. The predicted molar refractivity (Wildman–Crippen MR) is 367 cm³/mol. The van der Waals surface area contributed by atoms with Crippen molar-refractivity contribution in [2.75, 3.05) is 98.3 Å². The molecule has 0 saturated carbocycles. The second-order valence-corrected chi connectivity index (χ2v) is 34.3. The Morgan fingerprint density at radius 1 is 0.484 bits per heavy atom. The standard InChI is InChI=1S/C70H123N9O13S/c1-48(2)56(84)76-40-66(14,15)46-90-69(20,21)33-54(82)74-38-64(10,11)44-87-42-62(6,7)31-52(80)72-35-50(57(85)71-29-30-89-51-27-25-49(26-28-51)58-78-79-60(92-58)93-24)36-73-53(81)32-63(8,9)43-88-45-65(12,13)39-75-55(83)34-70(22,23)91-47-67(16,17)41-77-59(86)68(18,19)37-61(3,4)5/h25-28,48,50H,29-47H2,1-24H3,(H,71,85)(H,72,80)(H,73,81)(H,74,82)(H,75,83)(H,76,84)(H,77,86). The van der Waals surface area contributed by atoms with Crippen LogP contribution in [0.2, 0.25) is 0 Å². The zero-order chi connectivity index (χ0) is 71.1. The third kappa shape index (κ3) is 36.4. The van der Waals surface area contributed by atoms with E-state index < -0.39 is 44.2 Å². The molecule has 2 aromatic rings. The monoisotopic (exact) mass is 1330 g/mol. The Morgan fingerprint density at radius 2 is 0.892 bits per heavy atom. The fourth-order valence-electron chi connectivity index (χ4n) is 9.78. The largest absolute Gasteiger partial charge is 0.492 e. The second kappa shape index (κ2) is 36.1. The third-order valence-corrected chi connectivity index (χ3v) is 15.6. The first-order valence-electron chi connectivity index (χ1n) is 32.9. The molecule has 0 saturated heterocycles. The van der Waals surface area contributed by atoms with Gasteiger partial charge in [-0.05, 0) is 80.9 Å². The zero-order valence-corrected chi connectivity index (χ0v) is 62.3. The van der Waals surface area contributed by atoms with Gasteiger partial charge in [0.25, 0.3) is 5.22 Å². The maximum atomic E-state index is 13.8. The minimum atomic E-state index is -0.837. The Hall–Kier alpha value is -5.36. The molecule has 1 aromatic heterocycles. The van der Waals surface area contributed by atoms with Gasteiger partial charge in [-0.15, -0.1) is 10.2 Å². The number of carbonyl (C=O) groups excluding carboxylic acids is 7. The van der Waals surface area contributed by atoms with Gasteiger partial charge in [0.1, 0.15) is 12.4 Å². The number of nitrogens with one attached hydrogen (secondary N) is 7. The summed E-state index contributed by atoms with van der Waals surface area (Å²) in [5.74, 6) is -1.31. The minimum absolute atomic E-state index is 0.00654. The predicted octanol–water partition coefficient (Wildman–Crippen LogP) is 9.73. The lowest BCUT2D eigenvalue weighted by atomic mass is 9.75. The van der Waals surface area contributed by atoms with Crippen molar-refractivity contribution < 1.29 is 61.7 Å². The molecule has 1 atom stereocenters. The average molecular weight is 1330 g/mol. The number of thioether (sulfide) groups is 1. The summed E-state index contributed by atoms with van der Waals surface area (Å²) in [5, 5.41) is 29.4. The summed E-state index contributed by atoms with van der Waals surface area (Å²) >= 11 is 1.35. The van der Waals surface area contributed by atoms with Crippen molar-refractivity contribution in [3.63, 3.8) is 0 Å². The van der Waals surface area contributed by atoms with E-state index in [1.54, 1.807) is 24.3 Å². The van der Waals surface area contributed by atoms with Gasteiger partial charge < -0.3 is 65.3 Å². The van der Waals surface area contributed by atoms with Gasteiger partial charge in [-0.3, -0.25) is 33.6 Å². The van der Waals surface area contributed by atoms with Crippen LogP contribution in [0.15, 0.2) is 33.9 Å². The van der Waals surface area contributed by atoms with Crippen LogP contribution >= 0.6 is 11.8 Å². The topological polar surface area (TPSA) is 289 Å². The number of hydrogen-bond donors (Lipinski definition) is 7. The molecule has 532 valence electrons. The van der Waals surface area contributed by atoms with E-state index in [4.69, 9.17) is 28.1 Å². The summed E-state index contributed by atoms with van der Waals surface area (Å²) in [5.41, 5.74) is -4.06. The summed E-state index contributed by atoms with van der Waals surface area (Å²) in [6, 6.07) is 7.13. The molecule has 0 fully saturated rings. The van der Waals surface area contributed by atoms with Gasteiger partial charge in [0.05, 0.1) is 76.1 Å². The van der Waals surface area contributed by atoms with Gasteiger partial charge in [0.15, 0.2) is 0 Å². The van der Waals surface area contributed by atoms with E-state index in [0.29, 0.717) is 69.5 Å². The van der Waals surface area contributed by atoms with Gasteiger partial charge in [-0.1, -0.05) is 143 Å². The molecule has 93 heavy (non-hydrogen) atoms. The van der Waals surface area contributed by atoms with Crippen LogP contribution in [0.3, 0.4) is 0 Å². The van der Waals surface area contributed by atoms with E-state index in [2.05, 4.69) is 68.2 Å². The number of aromatic nitrogens is 2. The van der Waals surface area contributed by atoms with Crippen LogP contribution in [0.5, 0.6) is 5.75 Å². The van der Waals surface area contributed by atoms with E-state index in [-0.39, 0.29) is 129 Å². The van der Waals surface area contributed by atoms with Gasteiger partial charge in [-0.25, -0.2) is 0 Å². The maximum Gasteiger partial charge on any atom is 0.276 e. The first-order valence-corrected chi connectivity index (χ1v) is 34.1. The molecule has 0 aliphatic heterocycles. The molecule has 0 aliphatic rings. The molecule has 0 radical (unpaired) electrons. The Labute approximate surface area is 562 Å². The fraction of sp³-hybridized carbons (Fsp3) is 0.786. The molecular weight excluding hydrogens is 1210 g/mol. The number of ether oxygens (including phenoxy) is 5. The minimum Gasteiger partial charge on any atom is -0.492 e. The summed E-state index contributed by atoms with van der Waals surface area (Å²) < 4.78 is 36.4. The summed E-state index contributed by atoms with van der Waals surface area (Å²) in [4.78, 5) is 92.6. The highest BCUT2D eigenvalue weighted by Crippen LogP contribution is 2.34. The van der Waals surface area contributed by atoms with Crippen molar-refractivity contribution in [3.05, 3.63) is 24.3 Å². The Balaban J connectivity index is 1.97. The van der Waals surface area contributed by atoms with Gasteiger partial charge >= 0.3 is 0 Å². The van der Waals surface area contributed by atoms with Crippen molar-refractivity contribution in [2.45, 2.75) is 208 Å². The number of nitrogens with zero attached hydrogens (tertiary/aromatic N) is 2. The second-order valence-electron chi connectivity index (χ2n) is 33.6. The van der Waals surface area contributed by atoms with Crippen molar-refractivity contribution in [1.29, 1.82) is 0 Å². The van der Waals surface area contributed by atoms with Crippen LogP contribution < -0.4 is 42.0 Å². The molecule has 1 aromatic carbocycles. The molecule has 0 bridgehead atoms. The van der Waals surface area contributed by atoms with Gasteiger partial charge in [0.2, 0.25) is 47.2 Å². The fourth-order valence-corrected chi connectivity index (χ4v) is 10.1. The van der Waals surface area contributed by atoms with Crippen molar-refractivity contribution >= 4 is 53.1 Å². The Morgan fingerprint density at radius 3 is 1.31 bits per heavy atom. The first-order chi connectivity index (χ1) is 42.4. The van der Waals surface area contributed by atoms with Crippen LogP contribution in [-0.4, -0.2) is 161 Å². The normalized spacial score (nSPS) is 13.5. The van der Waals surface area contributed by atoms with Gasteiger partial charge in [-0.2, -0.15) is 0 Å². The van der Waals surface area contributed by atoms with Crippen molar-refractivity contribution in [3.8, 4) is 17.2 Å². The average Bonchev–Trinajstić information content (AvgIpc) is 1.72. The van der Waals surface area contributed by atoms with Crippen LogP contribution in [0.1, 0.15) is 191 Å². The smallest absolute Gasteiger partial charge is 0.276 e. The number of rotatable bonds is 44. The van der Waals surface area contributed by atoms with Gasteiger partial charge in [0, 0.05) is 90.7 Å². The summed E-state index contributed by atoms with van der Waals surface area (Å²) in [6.45, 7) is 48.8. The molecule has 2 rings (SSSR count). The lowest BCUT2D eigenvalue weighted by molar-refractivity contribution is -0.133. The molecule has 22 nitrogen and oxygen atoms in total. The maximum absolute atomic E-state index is 13.8. The van der Waals surface area contributed by atoms with Crippen LogP contribution in [0, 0.1) is 55.2 Å². The van der Waals surface area contributed by atoms with E-state index >= 15 is 0 Å². The number of amides is 7. The lowest BCUT2D eigenvalue weighted by Gasteiger charge is -2.35. The number of carbonyl (C=O) groups is 7. The summed E-state index contributed by atoms with van der Waals surface area (Å²) in [6.07, 6.45) is 3.05. The SMILES string of the molecule is CSc1nnc(-c2ccc(OCCNC(=O)C(CNC(=O)CC(C)(C)COCC(C)(C)CNC(=O)CC(C)(C)OCC(C)(C)CNC(=O)C(C)C)CNC(=O)CC(C)(C)COCC(C)(C)CNC(=O)CC(C)(C)OCC(C)(C)CNC(=O)C(C)(C)CC(C)(C)C)cc2)o1. The van der Waals surface area contributed by atoms with Crippen LogP contribution in [-0.2, 0) is 52.5 Å². The highest BCUT2D eigenvalue weighted by Gasteiger charge is 2.36. The molecule has 7 amide bonds. The molecular formula is C70H123N9O13S. The van der Waals surface area contributed by atoms with Crippen molar-refractivity contribution in [1.82, 2.24) is 47.4 Å². The highest BCUT2D eigenvalue weighted by molar-refractivity contribution is 7.98. The molecule has 7 N–H and O–H groups in total.